The number of anilines is 1. The van der Waals surface area contributed by atoms with Crippen LogP contribution in [-0.2, 0) is 0 Å². The van der Waals surface area contributed by atoms with Gasteiger partial charge in [0.2, 0.25) is 5.96 Å². The highest BCUT2D eigenvalue weighted by molar-refractivity contribution is 7.98. The van der Waals surface area contributed by atoms with E-state index in [0.717, 1.165) is 34.0 Å². The van der Waals surface area contributed by atoms with E-state index >= 15 is 0 Å². The van der Waals surface area contributed by atoms with Gasteiger partial charge in [-0.2, -0.15) is 4.40 Å². The van der Waals surface area contributed by atoms with Crippen LogP contribution >= 0.6 is 23.5 Å². The van der Waals surface area contributed by atoms with E-state index in [0.29, 0.717) is 0 Å². The van der Waals surface area contributed by atoms with Crippen molar-refractivity contribution in [2.45, 2.75) is 17.7 Å². The first-order valence-electron chi connectivity index (χ1n) is 5.37. The lowest BCUT2D eigenvalue weighted by atomic mass is 10.3. The Labute approximate surface area is 104 Å². The summed E-state index contributed by atoms with van der Waals surface area (Å²) in [5.74, 6) is 1.68. The van der Waals surface area contributed by atoms with Crippen LogP contribution in [0.1, 0.15) is 12.8 Å². The molecule has 0 spiro atoms. The fourth-order valence-corrected chi connectivity index (χ4v) is 2.37. The van der Waals surface area contributed by atoms with E-state index in [1.807, 2.05) is 18.2 Å². The molecule has 1 aromatic rings. The Morgan fingerprint density at radius 1 is 1.50 bits per heavy atom. The molecule has 84 valence electrons. The van der Waals surface area contributed by atoms with Gasteiger partial charge in [-0.1, -0.05) is 11.6 Å². The summed E-state index contributed by atoms with van der Waals surface area (Å²) in [6, 6.07) is 5.79. The third kappa shape index (κ3) is 2.28. The smallest absolute Gasteiger partial charge is 0.207 e. The number of hydrogen-bond acceptors (Lipinski definition) is 4. The largest absolute Gasteiger partial charge is 0.355 e. The summed E-state index contributed by atoms with van der Waals surface area (Å²) in [5, 5.41) is 7.32. The molecular weight excluding hydrogens is 242 g/mol. The van der Waals surface area contributed by atoms with Crippen LogP contribution in [0.3, 0.4) is 0 Å². The van der Waals surface area contributed by atoms with Gasteiger partial charge in [0.15, 0.2) is 0 Å². The summed E-state index contributed by atoms with van der Waals surface area (Å²) in [7, 11) is 0. The van der Waals surface area contributed by atoms with Gasteiger partial charge in [-0.3, -0.25) is 0 Å². The van der Waals surface area contributed by atoms with E-state index < -0.39 is 0 Å². The first kappa shape index (κ1) is 10.3. The number of nitrogens with zero attached hydrogens (tertiary/aromatic N) is 1. The van der Waals surface area contributed by atoms with E-state index in [9.17, 15) is 0 Å². The maximum absolute atomic E-state index is 5.95. The van der Waals surface area contributed by atoms with E-state index in [2.05, 4.69) is 15.0 Å². The van der Waals surface area contributed by atoms with Crippen LogP contribution in [0, 0.1) is 5.92 Å². The molecule has 1 heterocycles. The number of halogens is 1. The Morgan fingerprint density at radius 3 is 3.19 bits per heavy atom. The highest BCUT2D eigenvalue weighted by Gasteiger charge is 2.22. The minimum atomic E-state index is 0.746. The maximum atomic E-state index is 5.95. The first-order chi connectivity index (χ1) is 7.81. The summed E-state index contributed by atoms with van der Waals surface area (Å²) in [4.78, 5) is 1.11. The van der Waals surface area contributed by atoms with Gasteiger partial charge < -0.3 is 10.6 Å². The molecule has 1 aliphatic heterocycles. The zero-order valence-corrected chi connectivity index (χ0v) is 10.2. The molecule has 2 aliphatic rings. The van der Waals surface area contributed by atoms with Crippen molar-refractivity contribution in [3.8, 4) is 0 Å². The molecular formula is C11H12ClN3S. The number of hydrogen-bond donors (Lipinski definition) is 2. The van der Waals surface area contributed by atoms with Crippen molar-refractivity contribution in [1.29, 1.82) is 0 Å². The van der Waals surface area contributed by atoms with Crippen LogP contribution in [0.2, 0.25) is 5.02 Å². The number of nitrogens with one attached hydrogen (secondary N) is 2. The van der Waals surface area contributed by atoms with Crippen molar-refractivity contribution in [2.75, 3.05) is 11.9 Å². The van der Waals surface area contributed by atoms with Gasteiger partial charge >= 0.3 is 0 Å². The molecule has 5 heteroatoms. The second-order valence-electron chi connectivity index (χ2n) is 4.12. The molecule has 0 saturated heterocycles. The number of fused-ring (bicyclic) bond motifs is 1. The second kappa shape index (κ2) is 4.18. The molecule has 0 unspecified atom stereocenters. The molecule has 16 heavy (non-hydrogen) atoms. The standard InChI is InChI=1S/C11H12ClN3S/c12-8-3-4-10-9(5-8)14-11(15-16-10)13-6-7-1-2-7/h3-5,7H,1-2,6H2,(H2,13,14,15). The number of benzene rings is 1. The maximum Gasteiger partial charge on any atom is 0.207 e. The van der Waals surface area contributed by atoms with Crippen molar-refractivity contribution in [3.63, 3.8) is 0 Å². The van der Waals surface area contributed by atoms with Crippen LogP contribution in [-0.4, -0.2) is 12.5 Å². The topological polar surface area (TPSA) is 36.4 Å². The van der Waals surface area contributed by atoms with Crippen LogP contribution in [0.15, 0.2) is 27.5 Å². The van der Waals surface area contributed by atoms with Crippen LogP contribution in [0.25, 0.3) is 0 Å². The molecule has 3 rings (SSSR count). The summed E-state index contributed by atoms with van der Waals surface area (Å²) in [6.45, 7) is 1.02. The Morgan fingerprint density at radius 2 is 2.38 bits per heavy atom. The summed E-state index contributed by atoms with van der Waals surface area (Å²) in [6.07, 6.45) is 2.69. The van der Waals surface area contributed by atoms with Crippen molar-refractivity contribution in [2.24, 2.45) is 10.3 Å². The Bertz CT molecular complexity index is 443. The highest BCUT2D eigenvalue weighted by Crippen LogP contribution is 2.34. The van der Waals surface area contributed by atoms with Gasteiger partial charge in [0.1, 0.15) is 0 Å². The molecule has 0 atom stereocenters. The Hall–Kier alpha value is -0.870. The first-order valence-corrected chi connectivity index (χ1v) is 6.52. The Kier molecular flexibility index (Phi) is 2.69. The summed E-state index contributed by atoms with van der Waals surface area (Å²) < 4.78 is 4.37. The molecule has 3 nitrogen and oxygen atoms in total. The van der Waals surface area contributed by atoms with Crippen LogP contribution in [0.4, 0.5) is 5.69 Å². The lowest BCUT2D eigenvalue weighted by Crippen LogP contribution is -2.33. The molecule has 0 bridgehead atoms. The number of rotatable bonds is 2. The minimum absolute atomic E-state index is 0.746. The molecule has 1 saturated carbocycles. The fourth-order valence-electron chi connectivity index (χ4n) is 1.56. The average molecular weight is 254 g/mol. The lowest BCUT2D eigenvalue weighted by Gasteiger charge is -2.18. The third-order valence-corrected chi connectivity index (χ3v) is 3.75. The fraction of sp³-hybridized carbons (Fsp3) is 0.364. The van der Waals surface area contributed by atoms with E-state index in [-0.39, 0.29) is 0 Å². The van der Waals surface area contributed by atoms with Gasteiger partial charge in [-0.25, -0.2) is 0 Å². The Balaban J connectivity index is 1.69. The normalized spacial score (nSPS) is 18.4. The van der Waals surface area contributed by atoms with Gasteiger partial charge in [-0.05, 0) is 37.0 Å². The van der Waals surface area contributed by atoms with Crippen molar-refractivity contribution < 1.29 is 0 Å². The van der Waals surface area contributed by atoms with E-state index in [1.165, 1.54) is 24.8 Å². The lowest BCUT2D eigenvalue weighted by molar-refractivity contribution is 0.772. The summed E-state index contributed by atoms with van der Waals surface area (Å²) >= 11 is 7.43. The number of guanidine groups is 1. The molecule has 1 fully saturated rings. The van der Waals surface area contributed by atoms with Gasteiger partial charge in [-0.15, -0.1) is 0 Å². The predicted octanol–water partition coefficient (Wildman–Crippen LogP) is 3.13. The monoisotopic (exact) mass is 253 g/mol. The molecule has 2 N–H and O–H groups in total. The van der Waals surface area contributed by atoms with Gasteiger partial charge in [0.05, 0.1) is 10.6 Å². The van der Waals surface area contributed by atoms with Crippen molar-refractivity contribution in [1.82, 2.24) is 5.32 Å². The summed E-state index contributed by atoms with van der Waals surface area (Å²) in [5.41, 5.74) is 1.03. The zero-order chi connectivity index (χ0) is 11.0. The molecule has 0 aromatic heterocycles. The highest BCUT2D eigenvalue weighted by atomic mass is 35.5. The van der Waals surface area contributed by atoms with Crippen LogP contribution < -0.4 is 10.6 Å². The predicted molar refractivity (Wildman–Crippen MR) is 69.1 cm³/mol. The van der Waals surface area contributed by atoms with E-state index in [4.69, 9.17) is 11.6 Å². The molecule has 0 radical (unpaired) electrons. The van der Waals surface area contributed by atoms with Crippen LogP contribution in [0.5, 0.6) is 0 Å². The minimum Gasteiger partial charge on any atom is -0.355 e. The van der Waals surface area contributed by atoms with Gasteiger partial charge in [0, 0.05) is 23.5 Å². The molecule has 1 aromatic carbocycles. The third-order valence-electron chi connectivity index (χ3n) is 2.69. The molecule has 1 aliphatic carbocycles. The van der Waals surface area contributed by atoms with Crippen molar-refractivity contribution in [3.05, 3.63) is 23.2 Å². The molecule has 0 amide bonds. The van der Waals surface area contributed by atoms with Gasteiger partial charge in [0.25, 0.3) is 0 Å². The zero-order valence-electron chi connectivity index (χ0n) is 8.66. The second-order valence-corrected chi connectivity index (χ2v) is 5.36. The van der Waals surface area contributed by atoms with Crippen molar-refractivity contribution >= 4 is 35.2 Å². The quantitative estimate of drug-likeness (QED) is 0.795. The SMILES string of the molecule is Clc1ccc2c(c1)NC(NCC1CC1)=NS2. The average Bonchev–Trinajstić information content (AvgIpc) is 3.09. The van der Waals surface area contributed by atoms with E-state index in [1.54, 1.807) is 0 Å².